The van der Waals surface area contributed by atoms with Gasteiger partial charge in [0.15, 0.2) is 0 Å². The molecule has 184 valence electrons. The van der Waals surface area contributed by atoms with Gasteiger partial charge in [0.1, 0.15) is 17.3 Å². The maximum atomic E-state index is 13.7. The second kappa shape index (κ2) is 10.5. The lowest BCUT2D eigenvalue weighted by molar-refractivity contribution is 0.0507. The quantitative estimate of drug-likeness (QED) is 0.472. The average molecular weight is 476 g/mol. The van der Waals surface area contributed by atoms with Crippen molar-refractivity contribution in [1.29, 1.82) is 0 Å². The number of methoxy groups -OCH3 is 2. The molecule has 1 unspecified atom stereocenters. The molecule has 3 aromatic rings. The minimum absolute atomic E-state index is 0.0263. The van der Waals surface area contributed by atoms with E-state index in [1.807, 2.05) is 41.3 Å². The largest absolute Gasteiger partial charge is 0.497 e. The molecule has 0 spiro atoms. The molecule has 1 atom stereocenters. The monoisotopic (exact) mass is 475 g/mol. The van der Waals surface area contributed by atoms with Crippen LogP contribution in [0, 0.1) is 0 Å². The first-order valence-corrected chi connectivity index (χ1v) is 12.4. The van der Waals surface area contributed by atoms with Gasteiger partial charge in [0.05, 0.1) is 25.8 Å². The van der Waals surface area contributed by atoms with Crippen LogP contribution in [0.15, 0.2) is 48.5 Å². The maximum absolute atomic E-state index is 13.7. The second-order valence-electron chi connectivity index (χ2n) is 9.28. The van der Waals surface area contributed by atoms with Crippen LogP contribution in [0.1, 0.15) is 41.6 Å². The van der Waals surface area contributed by atoms with Crippen LogP contribution in [-0.4, -0.2) is 62.4 Å². The lowest BCUT2D eigenvalue weighted by Gasteiger charge is -2.28. The number of benzene rings is 2. The summed E-state index contributed by atoms with van der Waals surface area (Å²) in [6.07, 6.45) is 4.36. The summed E-state index contributed by atoms with van der Waals surface area (Å²) in [6.45, 7) is 3.73. The summed E-state index contributed by atoms with van der Waals surface area (Å²) in [5.74, 6) is 2.39. The van der Waals surface area contributed by atoms with Crippen LogP contribution in [0.3, 0.4) is 0 Å². The van der Waals surface area contributed by atoms with Gasteiger partial charge >= 0.3 is 0 Å². The molecule has 7 heteroatoms. The third-order valence-corrected chi connectivity index (χ3v) is 6.90. The first kappa shape index (κ1) is 23.4. The lowest BCUT2D eigenvalue weighted by Crippen LogP contribution is -2.37. The number of fused-ring (bicyclic) bond motifs is 1. The fraction of sp³-hybridized carbons (Fsp3) is 0.429. The SMILES string of the molecule is COc1cccc(C(=O)N(Cc2cc3ccc(OC)cc3nc2N2CCCC2)CC2CCCO2)c1. The van der Waals surface area contributed by atoms with E-state index in [2.05, 4.69) is 11.0 Å². The predicted octanol–water partition coefficient (Wildman–Crippen LogP) is 4.67. The number of nitrogens with zero attached hydrogens (tertiary/aromatic N) is 3. The number of carbonyl (C=O) groups excluding carboxylic acids is 1. The Morgan fingerprint density at radius 3 is 2.60 bits per heavy atom. The highest BCUT2D eigenvalue weighted by Crippen LogP contribution is 2.30. The molecule has 2 fully saturated rings. The van der Waals surface area contributed by atoms with Crippen LogP contribution >= 0.6 is 0 Å². The van der Waals surface area contributed by atoms with E-state index in [1.165, 1.54) is 0 Å². The van der Waals surface area contributed by atoms with Gasteiger partial charge < -0.3 is 24.0 Å². The Morgan fingerprint density at radius 1 is 1.06 bits per heavy atom. The molecule has 0 aliphatic carbocycles. The molecule has 3 heterocycles. The van der Waals surface area contributed by atoms with Crippen molar-refractivity contribution in [1.82, 2.24) is 9.88 Å². The van der Waals surface area contributed by atoms with Gasteiger partial charge in [0.2, 0.25) is 0 Å². The maximum Gasteiger partial charge on any atom is 0.254 e. The zero-order valence-electron chi connectivity index (χ0n) is 20.5. The van der Waals surface area contributed by atoms with Crippen molar-refractivity contribution in [3.63, 3.8) is 0 Å². The number of aromatic nitrogens is 1. The highest BCUT2D eigenvalue weighted by atomic mass is 16.5. The van der Waals surface area contributed by atoms with Gasteiger partial charge in [-0.25, -0.2) is 4.98 Å². The number of ether oxygens (including phenoxy) is 3. The molecule has 0 saturated carbocycles. The Bertz CT molecular complexity index is 1190. The molecule has 2 aliphatic rings. The molecule has 2 aromatic carbocycles. The molecule has 1 amide bonds. The second-order valence-corrected chi connectivity index (χ2v) is 9.28. The standard InChI is InChI=1S/C28H33N3O4/c1-33-23-8-5-7-21(16-23)28(32)31(19-25-9-6-14-35-25)18-22-15-20-10-11-24(34-2)17-26(20)29-27(22)30-12-3-4-13-30/h5,7-8,10-11,15-17,25H,3-4,6,9,12-14,18-19H2,1-2H3. The van der Waals surface area contributed by atoms with Crippen molar-refractivity contribution in [2.45, 2.75) is 38.3 Å². The molecule has 2 saturated heterocycles. The van der Waals surface area contributed by atoms with Crippen LogP contribution < -0.4 is 14.4 Å². The predicted molar refractivity (Wildman–Crippen MR) is 136 cm³/mol. The number of pyridine rings is 1. The van der Waals surface area contributed by atoms with Crippen LogP contribution in [-0.2, 0) is 11.3 Å². The van der Waals surface area contributed by atoms with E-state index < -0.39 is 0 Å². The van der Waals surface area contributed by atoms with Crippen molar-refractivity contribution >= 4 is 22.6 Å². The summed E-state index contributed by atoms with van der Waals surface area (Å²) in [5, 5.41) is 1.04. The fourth-order valence-electron chi connectivity index (χ4n) is 5.02. The van der Waals surface area contributed by atoms with E-state index in [-0.39, 0.29) is 12.0 Å². The molecule has 0 N–H and O–H groups in total. The zero-order chi connectivity index (χ0) is 24.2. The third-order valence-electron chi connectivity index (χ3n) is 6.90. The van der Waals surface area contributed by atoms with Crippen molar-refractivity contribution < 1.29 is 19.0 Å². The molecule has 5 rings (SSSR count). The van der Waals surface area contributed by atoms with Gasteiger partial charge in [-0.3, -0.25) is 4.79 Å². The zero-order valence-corrected chi connectivity index (χ0v) is 20.5. The molecule has 35 heavy (non-hydrogen) atoms. The summed E-state index contributed by atoms with van der Waals surface area (Å²) < 4.78 is 16.7. The van der Waals surface area contributed by atoms with Gasteiger partial charge in [0.25, 0.3) is 5.91 Å². The van der Waals surface area contributed by atoms with Gasteiger partial charge in [0, 0.05) is 55.4 Å². The minimum Gasteiger partial charge on any atom is -0.497 e. The van der Waals surface area contributed by atoms with Crippen molar-refractivity contribution in [2.75, 3.05) is 45.4 Å². The van der Waals surface area contributed by atoms with Crippen LogP contribution in [0.25, 0.3) is 10.9 Å². The minimum atomic E-state index is -0.0263. The van der Waals surface area contributed by atoms with Gasteiger partial charge in [-0.1, -0.05) is 6.07 Å². The highest BCUT2D eigenvalue weighted by Gasteiger charge is 2.26. The van der Waals surface area contributed by atoms with Gasteiger partial charge in [-0.2, -0.15) is 0 Å². The van der Waals surface area contributed by atoms with Crippen LogP contribution in [0.5, 0.6) is 11.5 Å². The Kier molecular flexibility index (Phi) is 7.04. The van der Waals surface area contributed by atoms with E-state index in [0.29, 0.717) is 24.4 Å². The normalized spacial score (nSPS) is 17.7. The number of hydrogen-bond acceptors (Lipinski definition) is 6. The summed E-state index contributed by atoms with van der Waals surface area (Å²) in [7, 11) is 3.29. The topological polar surface area (TPSA) is 64.1 Å². The summed E-state index contributed by atoms with van der Waals surface area (Å²) in [4.78, 5) is 23.1. The van der Waals surface area contributed by atoms with Gasteiger partial charge in [-0.15, -0.1) is 0 Å². The highest BCUT2D eigenvalue weighted by molar-refractivity contribution is 5.95. The first-order chi connectivity index (χ1) is 17.1. The molecule has 7 nitrogen and oxygen atoms in total. The summed E-state index contributed by atoms with van der Waals surface area (Å²) >= 11 is 0. The number of amides is 1. The number of rotatable bonds is 8. The van der Waals surface area contributed by atoms with E-state index in [1.54, 1.807) is 20.3 Å². The van der Waals surface area contributed by atoms with Crippen molar-refractivity contribution in [3.05, 3.63) is 59.7 Å². The van der Waals surface area contributed by atoms with Crippen LogP contribution in [0.4, 0.5) is 5.82 Å². The molecule has 0 bridgehead atoms. The Labute approximate surface area is 206 Å². The third kappa shape index (κ3) is 5.20. The van der Waals surface area contributed by atoms with E-state index in [0.717, 1.165) is 73.4 Å². The van der Waals surface area contributed by atoms with Gasteiger partial charge in [-0.05, 0) is 62.1 Å². The van der Waals surface area contributed by atoms with E-state index in [9.17, 15) is 4.79 Å². The molecular weight excluding hydrogens is 442 g/mol. The number of anilines is 1. The molecule has 1 aromatic heterocycles. The molecule has 2 aliphatic heterocycles. The Morgan fingerprint density at radius 2 is 1.86 bits per heavy atom. The molecular formula is C28H33N3O4. The summed E-state index contributed by atoms with van der Waals surface area (Å²) in [6, 6.07) is 15.5. The fourth-order valence-corrected chi connectivity index (χ4v) is 5.02. The average Bonchev–Trinajstić information content (AvgIpc) is 3.62. The number of carbonyl (C=O) groups is 1. The first-order valence-electron chi connectivity index (χ1n) is 12.4. The number of hydrogen-bond donors (Lipinski definition) is 0. The van der Waals surface area contributed by atoms with Crippen molar-refractivity contribution in [3.8, 4) is 11.5 Å². The Hall–Kier alpha value is -3.32. The Balaban J connectivity index is 1.52. The smallest absolute Gasteiger partial charge is 0.254 e. The van der Waals surface area contributed by atoms with Crippen molar-refractivity contribution in [2.24, 2.45) is 0 Å². The molecule has 0 radical (unpaired) electrons. The summed E-state index contributed by atoms with van der Waals surface area (Å²) in [5.41, 5.74) is 2.57. The lowest BCUT2D eigenvalue weighted by atomic mass is 10.1. The van der Waals surface area contributed by atoms with E-state index >= 15 is 0 Å². The van der Waals surface area contributed by atoms with E-state index in [4.69, 9.17) is 19.2 Å². The van der Waals surface area contributed by atoms with Crippen LogP contribution in [0.2, 0.25) is 0 Å².